The number of imide groups is 1. The van der Waals surface area contributed by atoms with Crippen LogP contribution in [0.4, 0.5) is 0 Å². The van der Waals surface area contributed by atoms with Crippen LogP contribution < -0.4 is 9.47 Å². The van der Waals surface area contributed by atoms with Gasteiger partial charge in [0.25, 0.3) is 11.8 Å². The van der Waals surface area contributed by atoms with Crippen LogP contribution in [0.25, 0.3) is 0 Å². The van der Waals surface area contributed by atoms with Gasteiger partial charge >= 0.3 is 5.97 Å². The smallest absolute Gasteiger partial charge is 0.326 e. The Balaban J connectivity index is 1.62. The highest BCUT2D eigenvalue weighted by Crippen LogP contribution is 2.28. The number of rotatable bonds is 6. The van der Waals surface area contributed by atoms with Crippen molar-refractivity contribution in [2.75, 3.05) is 20.8 Å². The van der Waals surface area contributed by atoms with Crippen molar-refractivity contribution in [1.29, 1.82) is 0 Å². The van der Waals surface area contributed by atoms with Crippen molar-refractivity contribution in [2.24, 2.45) is 0 Å². The zero-order valence-electron chi connectivity index (χ0n) is 14.4. The maximum Gasteiger partial charge on any atom is 0.326 e. The number of nitrogens with zero attached hydrogens (tertiary/aromatic N) is 1. The molecule has 7 heteroatoms. The third-order valence-electron chi connectivity index (χ3n) is 4.01. The highest BCUT2D eigenvalue weighted by Gasteiger charge is 2.36. The largest absolute Gasteiger partial charge is 0.493 e. The Morgan fingerprint density at radius 3 is 2.12 bits per heavy atom. The minimum absolute atomic E-state index is 0.0116. The number of hydrogen-bond donors (Lipinski definition) is 0. The Hall–Kier alpha value is -3.35. The topological polar surface area (TPSA) is 82.1 Å². The third kappa shape index (κ3) is 3.23. The van der Waals surface area contributed by atoms with Crippen LogP contribution in [0.3, 0.4) is 0 Å². The van der Waals surface area contributed by atoms with Crippen LogP contribution in [0.5, 0.6) is 11.5 Å². The molecule has 0 unspecified atom stereocenters. The first kappa shape index (κ1) is 17.5. The number of methoxy groups -OCH3 is 2. The summed E-state index contributed by atoms with van der Waals surface area (Å²) in [5, 5.41) is 0. The van der Waals surface area contributed by atoms with Crippen molar-refractivity contribution in [2.45, 2.75) is 6.61 Å². The van der Waals surface area contributed by atoms with E-state index in [4.69, 9.17) is 14.2 Å². The average molecular weight is 355 g/mol. The van der Waals surface area contributed by atoms with E-state index in [0.717, 1.165) is 4.90 Å². The van der Waals surface area contributed by atoms with E-state index in [1.54, 1.807) is 42.5 Å². The van der Waals surface area contributed by atoms with Gasteiger partial charge < -0.3 is 14.2 Å². The van der Waals surface area contributed by atoms with Gasteiger partial charge in [0, 0.05) is 0 Å². The summed E-state index contributed by atoms with van der Waals surface area (Å²) in [5.74, 6) is -0.577. The summed E-state index contributed by atoms with van der Waals surface area (Å²) in [5.41, 5.74) is 1.29. The summed E-state index contributed by atoms with van der Waals surface area (Å²) < 4.78 is 15.5. The van der Waals surface area contributed by atoms with Crippen molar-refractivity contribution < 1.29 is 28.6 Å². The Bertz CT molecular complexity index is 841. The molecule has 0 fully saturated rings. The van der Waals surface area contributed by atoms with Gasteiger partial charge in [0.2, 0.25) is 0 Å². The molecule has 1 aliphatic rings. The van der Waals surface area contributed by atoms with Gasteiger partial charge in [-0.15, -0.1) is 0 Å². The van der Waals surface area contributed by atoms with Crippen LogP contribution >= 0.6 is 0 Å². The average Bonchev–Trinajstić information content (AvgIpc) is 2.91. The van der Waals surface area contributed by atoms with Crippen LogP contribution in [0.2, 0.25) is 0 Å². The third-order valence-corrected chi connectivity index (χ3v) is 4.01. The SMILES string of the molecule is COc1ccc(COC(=O)CN2C(=O)c3ccccc3C2=O)cc1OC. The molecule has 0 bridgehead atoms. The molecule has 3 rings (SSSR count). The zero-order valence-corrected chi connectivity index (χ0v) is 14.4. The number of ether oxygens (including phenoxy) is 3. The molecule has 2 amide bonds. The van der Waals surface area contributed by atoms with Gasteiger partial charge in [-0.2, -0.15) is 0 Å². The van der Waals surface area contributed by atoms with Gasteiger partial charge in [0.1, 0.15) is 13.2 Å². The van der Waals surface area contributed by atoms with Crippen molar-refractivity contribution in [3.63, 3.8) is 0 Å². The van der Waals surface area contributed by atoms with Gasteiger partial charge in [-0.3, -0.25) is 19.3 Å². The van der Waals surface area contributed by atoms with Crippen molar-refractivity contribution in [1.82, 2.24) is 4.90 Å². The quantitative estimate of drug-likeness (QED) is 0.583. The number of carbonyl (C=O) groups is 3. The molecule has 0 atom stereocenters. The van der Waals surface area contributed by atoms with E-state index < -0.39 is 24.3 Å². The minimum Gasteiger partial charge on any atom is -0.493 e. The molecule has 0 aromatic heterocycles. The monoisotopic (exact) mass is 355 g/mol. The summed E-state index contributed by atoms with van der Waals surface area (Å²) in [7, 11) is 3.04. The lowest BCUT2D eigenvalue weighted by atomic mass is 10.1. The molecule has 2 aromatic rings. The van der Waals surface area contributed by atoms with Crippen LogP contribution in [0.1, 0.15) is 26.3 Å². The molecule has 0 aliphatic carbocycles. The fourth-order valence-electron chi connectivity index (χ4n) is 2.69. The molecule has 1 aliphatic heterocycles. The minimum atomic E-state index is -0.672. The molecule has 0 radical (unpaired) electrons. The zero-order chi connectivity index (χ0) is 18.7. The second kappa shape index (κ2) is 7.26. The number of amides is 2. The second-order valence-electron chi connectivity index (χ2n) is 5.59. The first-order valence-electron chi connectivity index (χ1n) is 7.87. The molecular formula is C19H17NO6. The predicted octanol–water partition coefficient (Wildman–Crippen LogP) is 2.04. The molecule has 2 aromatic carbocycles. The first-order chi connectivity index (χ1) is 12.5. The Labute approximate surface area is 150 Å². The maximum atomic E-state index is 12.2. The van der Waals surface area contributed by atoms with Gasteiger partial charge in [-0.1, -0.05) is 18.2 Å². The molecule has 0 saturated heterocycles. The maximum absolute atomic E-state index is 12.2. The number of fused-ring (bicyclic) bond motifs is 1. The van der Waals surface area contributed by atoms with Crippen LogP contribution in [0, 0.1) is 0 Å². The molecule has 0 spiro atoms. The van der Waals surface area contributed by atoms with E-state index in [1.165, 1.54) is 14.2 Å². The van der Waals surface area contributed by atoms with Crippen molar-refractivity contribution >= 4 is 17.8 Å². The van der Waals surface area contributed by atoms with E-state index in [0.29, 0.717) is 28.2 Å². The molecule has 7 nitrogen and oxygen atoms in total. The van der Waals surface area contributed by atoms with E-state index in [2.05, 4.69) is 0 Å². The van der Waals surface area contributed by atoms with E-state index in [1.807, 2.05) is 0 Å². The van der Waals surface area contributed by atoms with Gasteiger partial charge in [-0.05, 0) is 29.8 Å². The molecule has 134 valence electrons. The Kier molecular flexibility index (Phi) is 4.88. The molecule has 26 heavy (non-hydrogen) atoms. The number of carbonyl (C=O) groups excluding carboxylic acids is 3. The summed E-state index contributed by atoms with van der Waals surface area (Å²) in [6.45, 7) is -0.442. The van der Waals surface area contributed by atoms with Gasteiger partial charge in [0.05, 0.1) is 25.3 Å². The normalized spacial score (nSPS) is 12.8. The van der Waals surface area contributed by atoms with Gasteiger partial charge in [-0.25, -0.2) is 0 Å². The summed E-state index contributed by atoms with van der Waals surface area (Å²) in [6, 6.07) is 11.6. The van der Waals surface area contributed by atoms with E-state index in [-0.39, 0.29) is 6.61 Å². The van der Waals surface area contributed by atoms with Crippen molar-refractivity contribution in [3.05, 3.63) is 59.2 Å². The van der Waals surface area contributed by atoms with Crippen molar-refractivity contribution in [3.8, 4) is 11.5 Å². The number of benzene rings is 2. The van der Waals surface area contributed by atoms with Crippen LogP contribution in [-0.4, -0.2) is 43.4 Å². The number of esters is 1. The lowest BCUT2D eigenvalue weighted by Crippen LogP contribution is -2.35. The van der Waals surface area contributed by atoms with Gasteiger partial charge in [0.15, 0.2) is 11.5 Å². The van der Waals surface area contributed by atoms with Crippen LogP contribution in [0.15, 0.2) is 42.5 Å². The second-order valence-corrected chi connectivity index (χ2v) is 5.59. The lowest BCUT2D eigenvalue weighted by Gasteiger charge is -2.13. The summed E-state index contributed by atoms with van der Waals surface area (Å²) >= 11 is 0. The van der Waals surface area contributed by atoms with E-state index >= 15 is 0 Å². The summed E-state index contributed by atoms with van der Waals surface area (Å²) in [4.78, 5) is 37.4. The van der Waals surface area contributed by atoms with Crippen LogP contribution in [-0.2, 0) is 16.1 Å². The first-order valence-corrected chi connectivity index (χ1v) is 7.87. The summed E-state index contributed by atoms with van der Waals surface area (Å²) in [6.07, 6.45) is 0. The highest BCUT2D eigenvalue weighted by molar-refractivity contribution is 6.22. The lowest BCUT2D eigenvalue weighted by molar-refractivity contribution is -0.145. The molecular weight excluding hydrogens is 338 g/mol. The Morgan fingerprint density at radius 1 is 0.923 bits per heavy atom. The molecule has 0 N–H and O–H groups in total. The Morgan fingerprint density at radius 2 is 1.54 bits per heavy atom. The highest BCUT2D eigenvalue weighted by atomic mass is 16.5. The van der Waals surface area contributed by atoms with E-state index in [9.17, 15) is 14.4 Å². The molecule has 0 saturated carbocycles. The predicted molar refractivity (Wildman–Crippen MR) is 91.2 cm³/mol. The fourth-order valence-corrected chi connectivity index (χ4v) is 2.69. The fraction of sp³-hybridized carbons (Fsp3) is 0.211. The standard InChI is InChI=1S/C19H17NO6/c1-24-15-8-7-12(9-16(15)25-2)11-26-17(21)10-20-18(22)13-5-3-4-6-14(13)19(20)23/h3-9H,10-11H2,1-2H3. The number of hydrogen-bond acceptors (Lipinski definition) is 6. The molecule has 1 heterocycles.